The van der Waals surface area contributed by atoms with E-state index in [-0.39, 0.29) is 11.8 Å². The lowest BCUT2D eigenvalue weighted by Gasteiger charge is -2.21. The fourth-order valence-corrected chi connectivity index (χ4v) is 1.94. The summed E-state index contributed by atoms with van der Waals surface area (Å²) in [6.07, 6.45) is -5.70. The minimum Gasteiger partial charge on any atom is -0.481 e. The van der Waals surface area contributed by atoms with Gasteiger partial charge >= 0.3 is 12.1 Å². The molecule has 0 radical (unpaired) electrons. The highest BCUT2D eigenvalue weighted by Crippen LogP contribution is 2.32. The van der Waals surface area contributed by atoms with Crippen molar-refractivity contribution in [1.82, 2.24) is 0 Å². The quantitative estimate of drug-likeness (QED) is 0.902. The van der Waals surface area contributed by atoms with Gasteiger partial charge < -0.3 is 5.11 Å². The molecule has 0 bridgehead atoms. The number of alkyl halides is 3. The molecular weight excluding hydrogens is 269 g/mol. The van der Waals surface area contributed by atoms with Crippen LogP contribution in [0.25, 0.3) is 0 Å². The smallest absolute Gasteiger partial charge is 0.392 e. The summed E-state index contributed by atoms with van der Waals surface area (Å²) in [4.78, 5) is 10.5. The van der Waals surface area contributed by atoms with Gasteiger partial charge in [0.1, 0.15) is 0 Å². The molecule has 5 heteroatoms. The van der Waals surface area contributed by atoms with Crippen LogP contribution >= 0.6 is 0 Å². The van der Waals surface area contributed by atoms with Gasteiger partial charge in [0.25, 0.3) is 0 Å². The van der Waals surface area contributed by atoms with E-state index in [9.17, 15) is 18.0 Å². The van der Waals surface area contributed by atoms with E-state index in [1.165, 1.54) is 0 Å². The van der Waals surface area contributed by atoms with E-state index in [0.717, 1.165) is 5.56 Å². The number of hydrogen-bond acceptors (Lipinski definition) is 1. The van der Waals surface area contributed by atoms with Crippen molar-refractivity contribution in [2.24, 2.45) is 5.92 Å². The first-order valence-corrected chi connectivity index (χ1v) is 6.38. The van der Waals surface area contributed by atoms with Crippen molar-refractivity contribution in [3.05, 3.63) is 35.4 Å². The average molecular weight is 288 g/mol. The highest BCUT2D eigenvalue weighted by atomic mass is 19.4. The number of carboxylic acids is 1. The standard InChI is InChI=1S/C15H19F3O2/c1-14(2,3)11-6-4-10(5-7-11)8-12(9-13(19)20)15(16,17)18/h4-7,12H,8-9H2,1-3H3,(H,19,20). The summed E-state index contributed by atoms with van der Waals surface area (Å²) in [6, 6.07) is 6.87. The molecule has 0 aliphatic heterocycles. The van der Waals surface area contributed by atoms with Crippen LogP contribution < -0.4 is 0 Å². The van der Waals surface area contributed by atoms with E-state index in [1.807, 2.05) is 20.8 Å². The molecule has 1 unspecified atom stereocenters. The molecule has 0 aliphatic carbocycles. The lowest BCUT2D eigenvalue weighted by atomic mass is 9.86. The molecule has 1 aromatic carbocycles. The Morgan fingerprint density at radius 2 is 1.65 bits per heavy atom. The SMILES string of the molecule is CC(C)(C)c1ccc(CC(CC(=O)O)C(F)(F)F)cc1. The van der Waals surface area contributed by atoms with Gasteiger partial charge in [0.15, 0.2) is 0 Å². The van der Waals surface area contributed by atoms with E-state index >= 15 is 0 Å². The van der Waals surface area contributed by atoms with Crippen molar-refractivity contribution in [3.63, 3.8) is 0 Å². The zero-order chi connectivity index (χ0) is 15.6. The van der Waals surface area contributed by atoms with Gasteiger partial charge in [0.05, 0.1) is 12.3 Å². The van der Waals surface area contributed by atoms with Crippen molar-refractivity contribution in [2.45, 2.75) is 45.2 Å². The Labute approximate surface area is 116 Å². The van der Waals surface area contributed by atoms with Crippen LogP contribution in [0, 0.1) is 5.92 Å². The van der Waals surface area contributed by atoms with Crippen molar-refractivity contribution in [3.8, 4) is 0 Å². The second kappa shape index (κ2) is 5.85. The summed E-state index contributed by atoms with van der Waals surface area (Å²) in [6.45, 7) is 6.06. The maximum atomic E-state index is 12.8. The predicted octanol–water partition coefficient (Wildman–Crippen LogP) is 4.18. The third-order valence-electron chi connectivity index (χ3n) is 3.19. The summed E-state index contributed by atoms with van der Waals surface area (Å²) < 4.78 is 38.3. The van der Waals surface area contributed by atoms with Crippen LogP contribution in [0.4, 0.5) is 13.2 Å². The van der Waals surface area contributed by atoms with Gasteiger partial charge in [-0.15, -0.1) is 0 Å². The Hall–Kier alpha value is -1.52. The zero-order valence-electron chi connectivity index (χ0n) is 11.8. The van der Waals surface area contributed by atoms with Gasteiger partial charge in [-0.25, -0.2) is 0 Å². The highest BCUT2D eigenvalue weighted by molar-refractivity contribution is 5.67. The third-order valence-corrected chi connectivity index (χ3v) is 3.19. The molecule has 2 nitrogen and oxygen atoms in total. The monoisotopic (exact) mass is 288 g/mol. The molecule has 1 N–H and O–H groups in total. The molecule has 0 saturated carbocycles. The number of aliphatic carboxylic acids is 1. The van der Waals surface area contributed by atoms with E-state index in [2.05, 4.69) is 0 Å². The zero-order valence-corrected chi connectivity index (χ0v) is 11.8. The maximum absolute atomic E-state index is 12.8. The molecule has 0 aromatic heterocycles. The third kappa shape index (κ3) is 4.87. The fraction of sp³-hybridized carbons (Fsp3) is 0.533. The Morgan fingerprint density at radius 1 is 1.15 bits per heavy atom. The van der Waals surface area contributed by atoms with Gasteiger partial charge in [-0.3, -0.25) is 4.79 Å². The number of hydrogen-bond donors (Lipinski definition) is 1. The first-order valence-electron chi connectivity index (χ1n) is 6.38. The number of benzene rings is 1. The van der Waals surface area contributed by atoms with Crippen LogP contribution in [0.1, 0.15) is 38.3 Å². The number of carbonyl (C=O) groups is 1. The van der Waals surface area contributed by atoms with E-state index in [1.54, 1.807) is 24.3 Å². The van der Waals surface area contributed by atoms with Gasteiger partial charge in [-0.05, 0) is 23.0 Å². The number of halogens is 3. The Balaban J connectivity index is 2.87. The molecule has 1 atom stereocenters. The van der Waals surface area contributed by atoms with Crippen molar-refractivity contribution < 1.29 is 23.1 Å². The molecule has 0 aliphatic rings. The second-order valence-corrected chi connectivity index (χ2v) is 5.99. The van der Waals surface area contributed by atoms with Crippen LogP contribution in [-0.2, 0) is 16.6 Å². The Bertz CT molecular complexity index is 455. The van der Waals surface area contributed by atoms with Crippen LogP contribution in [0.5, 0.6) is 0 Å². The van der Waals surface area contributed by atoms with Crippen LogP contribution in [0.15, 0.2) is 24.3 Å². The van der Waals surface area contributed by atoms with Crippen molar-refractivity contribution in [2.75, 3.05) is 0 Å². The predicted molar refractivity (Wildman–Crippen MR) is 70.6 cm³/mol. The lowest BCUT2D eigenvalue weighted by Crippen LogP contribution is -2.27. The van der Waals surface area contributed by atoms with E-state index < -0.39 is 24.5 Å². The number of rotatable bonds is 4. The van der Waals surface area contributed by atoms with E-state index in [4.69, 9.17) is 5.11 Å². The summed E-state index contributed by atoms with van der Waals surface area (Å²) in [5, 5.41) is 8.58. The molecular formula is C15H19F3O2. The normalized spacial score (nSPS) is 14.1. The minimum atomic E-state index is -4.50. The molecule has 0 heterocycles. The number of carboxylic acid groups (broad SMARTS) is 1. The molecule has 1 aromatic rings. The van der Waals surface area contributed by atoms with Crippen LogP contribution in [-0.4, -0.2) is 17.3 Å². The summed E-state index contributed by atoms with van der Waals surface area (Å²) in [7, 11) is 0. The van der Waals surface area contributed by atoms with Crippen molar-refractivity contribution in [1.29, 1.82) is 0 Å². The Morgan fingerprint density at radius 3 is 2.00 bits per heavy atom. The highest BCUT2D eigenvalue weighted by Gasteiger charge is 2.40. The summed E-state index contributed by atoms with van der Waals surface area (Å²) >= 11 is 0. The first-order chi connectivity index (χ1) is 9.00. The van der Waals surface area contributed by atoms with Crippen molar-refractivity contribution >= 4 is 5.97 Å². The lowest BCUT2D eigenvalue weighted by molar-refractivity contribution is -0.182. The molecule has 0 amide bonds. The molecule has 0 spiro atoms. The largest absolute Gasteiger partial charge is 0.481 e. The fourth-order valence-electron chi connectivity index (χ4n) is 1.94. The first kappa shape index (κ1) is 16.5. The van der Waals surface area contributed by atoms with Gasteiger partial charge in [-0.1, -0.05) is 45.0 Å². The second-order valence-electron chi connectivity index (χ2n) is 5.99. The summed E-state index contributed by atoms with van der Waals surface area (Å²) in [5.41, 5.74) is 1.47. The molecule has 1 rings (SSSR count). The molecule has 0 saturated heterocycles. The van der Waals surface area contributed by atoms with E-state index in [0.29, 0.717) is 5.56 Å². The average Bonchev–Trinajstić information content (AvgIpc) is 2.25. The maximum Gasteiger partial charge on any atom is 0.392 e. The molecule has 112 valence electrons. The van der Waals surface area contributed by atoms with Gasteiger partial charge in [-0.2, -0.15) is 13.2 Å². The summed E-state index contributed by atoms with van der Waals surface area (Å²) in [5.74, 6) is -3.28. The van der Waals surface area contributed by atoms with Crippen LogP contribution in [0.2, 0.25) is 0 Å². The van der Waals surface area contributed by atoms with Crippen LogP contribution in [0.3, 0.4) is 0 Å². The topological polar surface area (TPSA) is 37.3 Å². The minimum absolute atomic E-state index is 0.0664. The molecule has 20 heavy (non-hydrogen) atoms. The van der Waals surface area contributed by atoms with Gasteiger partial charge in [0.2, 0.25) is 0 Å². The molecule has 0 fully saturated rings. The Kier molecular flexibility index (Phi) is 4.84. The van der Waals surface area contributed by atoms with Gasteiger partial charge in [0, 0.05) is 0 Å².